The van der Waals surface area contributed by atoms with E-state index in [-0.39, 0.29) is 6.04 Å². The Bertz CT molecular complexity index is 452. The third-order valence-corrected chi connectivity index (χ3v) is 2.41. The molecular weight excluding hydrogens is 262 g/mol. The summed E-state index contributed by atoms with van der Waals surface area (Å²) in [5.74, 6) is 1.31. The zero-order valence-corrected chi connectivity index (χ0v) is 9.69. The fourth-order valence-corrected chi connectivity index (χ4v) is 1.39. The number of nitrogens with zero attached hydrogens (tertiary/aromatic N) is 2. The fraction of sp³-hybridized carbons (Fsp3) is 0.333. The maximum atomic E-state index is 5.75. The molecule has 0 amide bonds. The number of hydrogen-bond acceptors (Lipinski definition) is 5. The van der Waals surface area contributed by atoms with E-state index in [1.54, 1.807) is 12.1 Å². The van der Waals surface area contributed by atoms with Crippen molar-refractivity contribution in [2.24, 2.45) is 5.73 Å². The first-order valence-electron chi connectivity index (χ1n) is 4.55. The van der Waals surface area contributed by atoms with Gasteiger partial charge in [0, 0.05) is 0 Å². The van der Waals surface area contributed by atoms with Crippen molar-refractivity contribution in [2.75, 3.05) is 0 Å². The topological polar surface area (TPSA) is 78.1 Å². The Morgan fingerprint density at radius 2 is 2.20 bits per heavy atom. The minimum absolute atomic E-state index is 0.218. The van der Waals surface area contributed by atoms with Gasteiger partial charge in [-0.3, -0.25) is 0 Å². The normalized spacial score (nSPS) is 13.0. The van der Waals surface area contributed by atoms with Crippen LogP contribution in [0.5, 0.6) is 0 Å². The van der Waals surface area contributed by atoms with Crippen molar-refractivity contribution in [3.05, 3.63) is 22.7 Å². The summed E-state index contributed by atoms with van der Waals surface area (Å²) in [5, 5.41) is 7.71. The van der Waals surface area contributed by atoms with Crippen LogP contribution in [0.2, 0.25) is 0 Å². The highest BCUT2D eigenvalue weighted by molar-refractivity contribution is 9.10. The molecule has 2 aromatic rings. The van der Waals surface area contributed by atoms with Gasteiger partial charge < -0.3 is 14.6 Å². The maximum Gasteiger partial charge on any atom is 0.283 e. The quantitative estimate of drug-likeness (QED) is 0.928. The van der Waals surface area contributed by atoms with Crippen LogP contribution in [-0.2, 0) is 0 Å². The molecule has 0 aliphatic rings. The van der Waals surface area contributed by atoms with E-state index in [4.69, 9.17) is 14.6 Å². The summed E-state index contributed by atoms with van der Waals surface area (Å²) < 4.78 is 11.3. The summed E-state index contributed by atoms with van der Waals surface area (Å²) >= 11 is 3.20. The second-order valence-electron chi connectivity index (χ2n) is 3.06. The number of aromatic nitrogens is 2. The van der Waals surface area contributed by atoms with Crippen LogP contribution < -0.4 is 5.73 Å². The molecule has 2 N–H and O–H groups in total. The van der Waals surface area contributed by atoms with E-state index in [9.17, 15) is 0 Å². The molecule has 0 spiro atoms. The van der Waals surface area contributed by atoms with Crippen LogP contribution in [0, 0.1) is 0 Å². The molecule has 2 aromatic heterocycles. The molecule has 0 fully saturated rings. The Morgan fingerprint density at radius 1 is 1.40 bits per heavy atom. The standard InChI is InChI=1S/C9H10BrN3O2/c1-2-5(11)8-12-13-9(15-8)6-3-4-7(10)14-6/h3-5H,2,11H2,1H3. The third kappa shape index (κ3) is 2.10. The van der Waals surface area contributed by atoms with Gasteiger partial charge in [0.25, 0.3) is 5.89 Å². The molecular formula is C9H10BrN3O2. The molecule has 2 rings (SSSR count). The second-order valence-corrected chi connectivity index (χ2v) is 3.85. The first-order valence-corrected chi connectivity index (χ1v) is 5.34. The number of nitrogens with two attached hydrogens (primary N) is 1. The molecule has 0 saturated carbocycles. The van der Waals surface area contributed by atoms with Gasteiger partial charge in [0.1, 0.15) is 0 Å². The first kappa shape index (κ1) is 10.4. The van der Waals surface area contributed by atoms with E-state index in [0.717, 1.165) is 6.42 Å². The van der Waals surface area contributed by atoms with Crippen LogP contribution in [0.3, 0.4) is 0 Å². The number of halogens is 1. The number of furan rings is 1. The molecule has 0 aliphatic carbocycles. The average molecular weight is 272 g/mol. The van der Waals surface area contributed by atoms with Gasteiger partial charge in [0.05, 0.1) is 6.04 Å². The molecule has 15 heavy (non-hydrogen) atoms. The van der Waals surface area contributed by atoms with Crippen LogP contribution in [0.25, 0.3) is 11.7 Å². The first-order chi connectivity index (χ1) is 7.20. The van der Waals surface area contributed by atoms with Crippen molar-refractivity contribution in [3.8, 4) is 11.7 Å². The molecule has 2 heterocycles. The zero-order chi connectivity index (χ0) is 10.8. The third-order valence-electron chi connectivity index (χ3n) is 1.98. The SMILES string of the molecule is CCC(N)c1nnc(-c2ccc(Br)o2)o1. The van der Waals surface area contributed by atoms with Gasteiger partial charge in [0.2, 0.25) is 5.89 Å². The lowest BCUT2D eigenvalue weighted by Crippen LogP contribution is -2.08. The summed E-state index contributed by atoms with van der Waals surface area (Å²) in [4.78, 5) is 0. The monoisotopic (exact) mass is 271 g/mol. The second kappa shape index (κ2) is 4.16. The van der Waals surface area contributed by atoms with E-state index in [0.29, 0.717) is 22.2 Å². The highest BCUT2D eigenvalue weighted by Gasteiger charge is 2.15. The minimum atomic E-state index is -0.218. The lowest BCUT2D eigenvalue weighted by atomic mass is 10.2. The summed E-state index contributed by atoms with van der Waals surface area (Å²) in [6.45, 7) is 1.96. The molecule has 1 unspecified atom stereocenters. The lowest BCUT2D eigenvalue weighted by molar-refractivity contribution is 0.437. The van der Waals surface area contributed by atoms with Crippen molar-refractivity contribution >= 4 is 15.9 Å². The van der Waals surface area contributed by atoms with E-state index in [2.05, 4.69) is 26.1 Å². The Labute approximate surface area is 94.8 Å². The van der Waals surface area contributed by atoms with Crippen LogP contribution >= 0.6 is 15.9 Å². The smallest absolute Gasteiger partial charge is 0.283 e. The fourth-order valence-electron chi connectivity index (χ4n) is 1.09. The summed E-state index contributed by atoms with van der Waals surface area (Å²) in [5.41, 5.74) is 5.75. The average Bonchev–Trinajstić information content (AvgIpc) is 2.84. The number of rotatable bonds is 3. The largest absolute Gasteiger partial charge is 0.444 e. The van der Waals surface area contributed by atoms with Gasteiger partial charge in [-0.25, -0.2) is 0 Å². The lowest BCUT2D eigenvalue weighted by Gasteiger charge is -1.99. The molecule has 80 valence electrons. The summed E-state index contributed by atoms with van der Waals surface area (Å²) in [7, 11) is 0. The Hall–Kier alpha value is -1.14. The molecule has 0 aliphatic heterocycles. The highest BCUT2D eigenvalue weighted by atomic mass is 79.9. The van der Waals surface area contributed by atoms with E-state index < -0.39 is 0 Å². The minimum Gasteiger partial charge on any atom is -0.444 e. The van der Waals surface area contributed by atoms with E-state index in [1.807, 2.05) is 6.92 Å². The zero-order valence-electron chi connectivity index (χ0n) is 8.11. The van der Waals surface area contributed by atoms with Gasteiger partial charge in [-0.2, -0.15) is 0 Å². The van der Waals surface area contributed by atoms with Gasteiger partial charge in [0.15, 0.2) is 10.4 Å². The molecule has 0 saturated heterocycles. The van der Waals surface area contributed by atoms with Crippen molar-refractivity contribution in [1.82, 2.24) is 10.2 Å². The molecule has 1 atom stereocenters. The molecule has 6 heteroatoms. The number of hydrogen-bond donors (Lipinski definition) is 1. The van der Waals surface area contributed by atoms with Gasteiger partial charge in [-0.1, -0.05) is 6.92 Å². The summed E-state index contributed by atoms with van der Waals surface area (Å²) in [6, 6.07) is 3.29. The van der Waals surface area contributed by atoms with Crippen molar-refractivity contribution in [2.45, 2.75) is 19.4 Å². The van der Waals surface area contributed by atoms with Gasteiger partial charge in [-0.15, -0.1) is 10.2 Å². The highest BCUT2D eigenvalue weighted by Crippen LogP contribution is 2.25. The molecule has 5 nitrogen and oxygen atoms in total. The van der Waals surface area contributed by atoms with Gasteiger partial charge in [-0.05, 0) is 34.5 Å². The Balaban J connectivity index is 2.27. The molecule has 0 bridgehead atoms. The maximum absolute atomic E-state index is 5.75. The Kier molecular flexibility index (Phi) is 2.88. The molecule has 0 radical (unpaired) electrons. The van der Waals surface area contributed by atoms with Crippen LogP contribution in [0.4, 0.5) is 0 Å². The van der Waals surface area contributed by atoms with Crippen molar-refractivity contribution in [1.29, 1.82) is 0 Å². The molecule has 0 aromatic carbocycles. The van der Waals surface area contributed by atoms with Gasteiger partial charge >= 0.3 is 0 Å². The summed E-state index contributed by atoms with van der Waals surface area (Å²) in [6.07, 6.45) is 0.753. The van der Waals surface area contributed by atoms with Crippen LogP contribution in [0.1, 0.15) is 25.3 Å². The van der Waals surface area contributed by atoms with Crippen molar-refractivity contribution in [3.63, 3.8) is 0 Å². The van der Waals surface area contributed by atoms with Crippen LogP contribution in [-0.4, -0.2) is 10.2 Å². The van der Waals surface area contributed by atoms with E-state index >= 15 is 0 Å². The van der Waals surface area contributed by atoms with Crippen LogP contribution in [0.15, 0.2) is 25.6 Å². The predicted octanol–water partition coefficient (Wildman–Crippen LogP) is 2.50. The van der Waals surface area contributed by atoms with Crippen molar-refractivity contribution < 1.29 is 8.83 Å². The predicted molar refractivity (Wildman–Crippen MR) is 56.9 cm³/mol. The van der Waals surface area contributed by atoms with E-state index in [1.165, 1.54) is 0 Å². The Morgan fingerprint density at radius 3 is 2.80 bits per heavy atom.